The van der Waals surface area contributed by atoms with E-state index in [0.29, 0.717) is 12.5 Å². The van der Waals surface area contributed by atoms with Crippen molar-refractivity contribution in [1.82, 2.24) is 0 Å². The fourth-order valence-electron chi connectivity index (χ4n) is 2.28. The normalized spacial score (nSPS) is 18.9. The van der Waals surface area contributed by atoms with Crippen molar-refractivity contribution in [3.8, 4) is 0 Å². The van der Waals surface area contributed by atoms with Gasteiger partial charge < -0.3 is 15.8 Å². The predicted octanol–water partition coefficient (Wildman–Crippen LogP) is 1.99. The topological polar surface area (TPSA) is 47.3 Å². The first-order valence-corrected chi connectivity index (χ1v) is 6.09. The van der Waals surface area contributed by atoms with E-state index in [9.17, 15) is 4.39 Å². The number of hydrogen-bond donors (Lipinski definition) is 2. The Morgan fingerprint density at radius 1 is 1.41 bits per heavy atom. The average molecular weight is 238 g/mol. The van der Waals surface area contributed by atoms with Gasteiger partial charge in [-0.1, -0.05) is 6.07 Å². The first-order valence-electron chi connectivity index (χ1n) is 6.09. The van der Waals surface area contributed by atoms with E-state index in [4.69, 9.17) is 10.5 Å². The molecule has 1 fully saturated rings. The molecule has 0 aliphatic carbocycles. The first kappa shape index (κ1) is 12.3. The Bertz CT molecular complexity index is 353. The SMILES string of the molecule is NCC(Nc1cccc(F)c1)C1CCOCC1. The number of hydrogen-bond acceptors (Lipinski definition) is 3. The van der Waals surface area contributed by atoms with Crippen molar-refractivity contribution in [2.24, 2.45) is 11.7 Å². The molecule has 0 spiro atoms. The van der Waals surface area contributed by atoms with Gasteiger partial charge in [0.1, 0.15) is 5.82 Å². The van der Waals surface area contributed by atoms with Crippen LogP contribution in [0.15, 0.2) is 24.3 Å². The second-order valence-electron chi connectivity index (χ2n) is 4.45. The van der Waals surface area contributed by atoms with Gasteiger partial charge in [0.2, 0.25) is 0 Å². The minimum Gasteiger partial charge on any atom is -0.381 e. The van der Waals surface area contributed by atoms with Crippen molar-refractivity contribution >= 4 is 5.69 Å². The molecule has 1 aliphatic rings. The molecule has 1 heterocycles. The number of ether oxygens (including phenoxy) is 1. The van der Waals surface area contributed by atoms with Crippen LogP contribution in [0.5, 0.6) is 0 Å². The maximum Gasteiger partial charge on any atom is 0.125 e. The third kappa shape index (κ3) is 3.41. The molecule has 0 bridgehead atoms. The molecule has 17 heavy (non-hydrogen) atoms. The van der Waals surface area contributed by atoms with Gasteiger partial charge in [-0.25, -0.2) is 4.39 Å². The molecule has 0 aromatic heterocycles. The molecule has 3 nitrogen and oxygen atoms in total. The number of halogens is 1. The summed E-state index contributed by atoms with van der Waals surface area (Å²) >= 11 is 0. The summed E-state index contributed by atoms with van der Waals surface area (Å²) in [5.41, 5.74) is 6.59. The molecule has 0 saturated carbocycles. The molecule has 1 aromatic rings. The lowest BCUT2D eigenvalue weighted by Gasteiger charge is -2.30. The fraction of sp³-hybridized carbons (Fsp3) is 0.538. The van der Waals surface area contributed by atoms with E-state index in [0.717, 1.165) is 31.7 Å². The molecule has 0 radical (unpaired) electrons. The fourth-order valence-corrected chi connectivity index (χ4v) is 2.28. The van der Waals surface area contributed by atoms with Gasteiger partial charge in [-0.05, 0) is 37.0 Å². The van der Waals surface area contributed by atoms with E-state index in [2.05, 4.69) is 5.32 Å². The summed E-state index contributed by atoms with van der Waals surface area (Å²) in [5, 5.41) is 3.32. The zero-order valence-corrected chi connectivity index (χ0v) is 9.86. The predicted molar refractivity (Wildman–Crippen MR) is 66.4 cm³/mol. The second kappa shape index (κ2) is 5.98. The minimum absolute atomic E-state index is 0.195. The molecule has 1 atom stereocenters. The van der Waals surface area contributed by atoms with Gasteiger partial charge in [-0.3, -0.25) is 0 Å². The molecular weight excluding hydrogens is 219 g/mol. The van der Waals surface area contributed by atoms with E-state index in [1.54, 1.807) is 6.07 Å². The zero-order chi connectivity index (χ0) is 12.1. The molecule has 3 N–H and O–H groups in total. The minimum atomic E-state index is -0.224. The molecule has 94 valence electrons. The van der Waals surface area contributed by atoms with Gasteiger partial charge in [-0.15, -0.1) is 0 Å². The van der Waals surface area contributed by atoms with Crippen LogP contribution in [0.25, 0.3) is 0 Å². The van der Waals surface area contributed by atoms with Crippen LogP contribution >= 0.6 is 0 Å². The number of anilines is 1. The lowest BCUT2D eigenvalue weighted by atomic mass is 9.91. The van der Waals surface area contributed by atoms with Crippen LogP contribution in [0.1, 0.15) is 12.8 Å². The van der Waals surface area contributed by atoms with Crippen LogP contribution in [0, 0.1) is 11.7 Å². The Morgan fingerprint density at radius 2 is 2.18 bits per heavy atom. The quantitative estimate of drug-likeness (QED) is 0.843. The lowest BCUT2D eigenvalue weighted by molar-refractivity contribution is 0.0613. The summed E-state index contributed by atoms with van der Waals surface area (Å²) in [6, 6.07) is 6.71. The molecule has 0 amide bonds. The third-order valence-electron chi connectivity index (χ3n) is 3.27. The number of nitrogens with one attached hydrogen (secondary N) is 1. The van der Waals surface area contributed by atoms with Crippen molar-refractivity contribution in [2.45, 2.75) is 18.9 Å². The number of benzene rings is 1. The van der Waals surface area contributed by atoms with Crippen molar-refractivity contribution in [2.75, 3.05) is 25.1 Å². The van der Waals surface area contributed by atoms with Gasteiger partial charge in [0.25, 0.3) is 0 Å². The number of rotatable bonds is 4. The van der Waals surface area contributed by atoms with Crippen LogP contribution in [0.3, 0.4) is 0 Å². The third-order valence-corrected chi connectivity index (χ3v) is 3.27. The molecular formula is C13H19FN2O. The Hall–Kier alpha value is -1.13. The summed E-state index contributed by atoms with van der Waals surface area (Å²) < 4.78 is 18.4. The average Bonchev–Trinajstić information content (AvgIpc) is 2.37. The maximum atomic E-state index is 13.1. The molecule has 1 aliphatic heterocycles. The Morgan fingerprint density at radius 3 is 2.82 bits per heavy atom. The Kier molecular flexibility index (Phi) is 4.34. The zero-order valence-electron chi connectivity index (χ0n) is 9.86. The summed E-state index contributed by atoms with van der Waals surface area (Å²) in [4.78, 5) is 0. The Labute approximate surface area is 101 Å². The van der Waals surface area contributed by atoms with Gasteiger partial charge in [0.05, 0.1) is 0 Å². The highest BCUT2D eigenvalue weighted by Gasteiger charge is 2.22. The highest BCUT2D eigenvalue weighted by molar-refractivity contribution is 5.44. The van der Waals surface area contributed by atoms with E-state index < -0.39 is 0 Å². The van der Waals surface area contributed by atoms with Crippen molar-refractivity contribution in [1.29, 1.82) is 0 Å². The summed E-state index contributed by atoms with van der Waals surface area (Å²) in [7, 11) is 0. The Balaban J connectivity index is 1.98. The molecule has 4 heteroatoms. The monoisotopic (exact) mass is 238 g/mol. The van der Waals surface area contributed by atoms with E-state index in [1.165, 1.54) is 12.1 Å². The van der Waals surface area contributed by atoms with Gasteiger partial charge in [0.15, 0.2) is 0 Å². The molecule has 2 rings (SSSR count). The van der Waals surface area contributed by atoms with E-state index in [-0.39, 0.29) is 11.9 Å². The largest absolute Gasteiger partial charge is 0.381 e. The first-order chi connectivity index (χ1) is 8.29. The van der Waals surface area contributed by atoms with Crippen LogP contribution in [0.2, 0.25) is 0 Å². The van der Waals surface area contributed by atoms with Crippen molar-refractivity contribution < 1.29 is 9.13 Å². The van der Waals surface area contributed by atoms with Crippen LogP contribution in [-0.4, -0.2) is 25.8 Å². The maximum absolute atomic E-state index is 13.1. The molecule has 1 aromatic carbocycles. The highest BCUT2D eigenvalue weighted by atomic mass is 19.1. The lowest BCUT2D eigenvalue weighted by Crippen LogP contribution is -2.39. The standard InChI is InChI=1S/C13H19FN2O/c14-11-2-1-3-12(8-11)16-13(9-15)10-4-6-17-7-5-10/h1-3,8,10,13,16H,4-7,9,15H2. The van der Waals surface area contributed by atoms with E-state index in [1.807, 2.05) is 6.07 Å². The molecule has 1 unspecified atom stereocenters. The van der Waals surface area contributed by atoms with Gasteiger partial charge in [0, 0.05) is 31.5 Å². The van der Waals surface area contributed by atoms with Crippen LogP contribution in [0.4, 0.5) is 10.1 Å². The number of nitrogens with two attached hydrogens (primary N) is 1. The second-order valence-corrected chi connectivity index (χ2v) is 4.45. The molecule has 1 saturated heterocycles. The van der Waals surface area contributed by atoms with E-state index >= 15 is 0 Å². The van der Waals surface area contributed by atoms with Crippen molar-refractivity contribution in [3.05, 3.63) is 30.1 Å². The van der Waals surface area contributed by atoms with Gasteiger partial charge >= 0.3 is 0 Å². The highest BCUT2D eigenvalue weighted by Crippen LogP contribution is 2.21. The smallest absolute Gasteiger partial charge is 0.125 e. The van der Waals surface area contributed by atoms with Crippen LogP contribution in [-0.2, 0) is 4.74 Å². The summed E-state index contributed by atoms with van der Waals surface area (Å²) in [6.07, 6.45) is 2.04. The van der Waals surface area contributed by atoms with Gasteiger partial charge in [-0.2, -0.15) is 0 Å². The van der Waals surface area contributed by atoms with Crippen molar-refractivity contribution in [3.63, 3.8) is 0 Å². The summed E-state index contributed by atoms with van der Waals surface area (Å²) in [6.45, 7) is 2.15. The van der Waals surface area contributed by atoms with Crippen LogP contribution < -0.4 is 11.1 Å². The summed E-state index contributed by atoms with van der Waals surface area (Å²) in [5.74, 6) is 0.287.